The molecule has 1 unspecified atom stereocenters. The lowest BCUT2D eigenvalue weighted by Gasteiger charge is -2.18. The van der Waals surface area contributed by atoms with Gasteiger partial charge in [-0.05, 0) is 12.1 Å². The minimum Gasteiger partial charge on any atom is -0.378 e. The highest BCUT2D eigenvalue weighted by molar-refractivity contribution is 6.07. The van der Waals surface area contributed by atoms with Crippen molar-refractivity contribution in [2.24, 2.45) is 0 Å². The van der Waals surface area contributed by atoms with Gasteiger partial charge in [0, 0.05) is 18.6 Å². The van der Waals surface area contributed by atoms with Crippen LogP contribution in [0.1, 0.15) is 17.5 Å². The Labute approximate surface area is 120 Å². The maximum atomic E-state index is 13.9. The van der Waals surface area contributed by atoms with Crippen molar-refractivity contribution in [3.8, 4) is 6.07 Å². The van der Waals surface area contributed by atoms with Crippen LogP contribution in [0.4, 0.5) is 9.18 Å². The summed E-state index contributed by atoms with van der Waals surface area (Å²) >= 11 is 0. The minimum atomic E-state index is -1.000. The number of urea groups is 1. The average molecular weight is 289 g/mol. The molecule has 21 heavy (non-hydrogen) atoms. The van der Waals surface area contributed by atoms with Crippen LogP contribution in [0, 0.1) is 17.1 Å². The highest BCUT2D eigenvalue weighted by Crippen LogP contribution is 2.28. The fourth-order valence-corrected chi connectivity index (χ4v) is 2.57. The monoisotopic (exact) mass is 289 g/mol. The molecule has 108 valence electrons. The Kier molecular flexibility index (Phi) is 3.11. The van der Waals surface area contributed by atoms with E-state index < -0.39 is 23.3 Å². The largest absolute Gasteiger partial charge is 0.378 e. The molecule has 7 heteroatoms. The van der Waals surface area contributed by atoms with Crippen molar-refractivity contribution in [3.05, 3.63) is 35.1 Å². The number of nitriles is 1. The van der Waals surface area contributed by atoms with E-state index in [-0.39, 0.29) is 24.3 Å². The van der Waals surface area contributed by atoms with E-state index in [9.17, 15) is 14.0 Å². The SMILES string of the molecule is N#Cc1ccc(CN2C(=O)NC3(CCOC3)C2=O)c(F)c1. The van der Waals surface area contributed by atoms with Crippen molar-refractivity contribution in [2.75, 3.05) is 13.2 Å². The number of nitrogens with one attached hydrogen (secondary N) is 1. The normalized spacial score (nSPS) is 24.5. The lowest BCUT2D eigenvalue weighted by atomic mass is 9.99. The zero-order valence-corrected chi connectivity index (χ0v) is 11.1. The van der Waals surface area contributed by atoms with E-state index in [0.717, 1.165) is 11.0 Å². The molecule has 1 aromatic carbocycles. The van der Waals surface area contributed by atoms with E-state index in [2.05, 4.69) is 5.32 Å². The van der Waals surface area contributed by atoms with Crippen LogP contribution >= 0.6 is 0 Å². The molecule has 1 aromatic rings. The fourth-order valence-electron chi connectivity index (χ4n) is 2.57. The first-order valence-electron chi connectivity index (χ1n) is 6.46. The second-order valence-electron chi connectivity index (χ2n) is 5.12. The van der Waals surface area contributed by atoms with E-state index in [4.69, 9.17) is 10.00 Å². The molecule has 2 aliphatic heterocycles. The molecule has 1 spiro atoms. The molecule has 0 aliphatic carbocycles. The van der Waals surface area contributed by atoms with Crippen LogP contribution in [-0.2, 0) is 16.1 Å². The number of benzene rings is 1. The summed E-state index contributed by atoms with van der Waals surface area (Å²) in [5.41, 5.74) is -0.622. The Bertz CT molecular complexity index is 662. The summed E-state index contributed by atoms with van der Waals surface area (Å²) in [5, 5.41) is 11.3. The van der Waals surface area contributed by atoms with Gasteiger partial charge in [0.15, 0.2) is 0 Å². The van der Waals surface area contributed by atoms with Crippen LogP contribution in [0.3, 0.4) is 0 Å². The Morgan fingerprint density at radius 3 is 2.90 bits per heavy atom. The summed E-state index contributed by atoms with van der Waals surface area (Å²) in [6, 6.07) is 5.23. The van der Waals surface area contributed by atoms with Gasteiger partial charge >= 0.3 is 6.03 Å². The minimum absolute atomic E-state index is 0.143. The van der Waals surface area contributed by atoms with Gasteiger partial charge in [-0.25, -0.2) is 9.18 Å². The standard InChI is InChI=1S/C14H12FN3O3/c15-11-5-9(6-16)1-2-10(11)7-18-12(19)14(17-13(18)20)3-4-21-8-14/h1-2,5H,3-4,7-8H2,(H,17,20). The smallest absolute Gasteiger partial charge is 0.325 e. The number of amides is 3. The number of rotatable bonds is 2. The van der Waals surface area contributed by atoms with Crippen LogP contribution in [0.25, 0.3) is 0 Å². The van der Waals surface area contributed by atoms with Crippen LogP contribution in [0.2, 0.25) is 0 Å². The molecule has 6 nitrogen and oxygen atoms in total. The maximum absolute atomic E-state index is 13.9. The molecule has 0 radical (unpaired) electrons. The topological polar surface area (TPSA) is 82.4 Å². The molecule has 2 fully saturated rings. The van der Waals surface area contributed by atoms with E-state index in [0.29, 0.717) is 13.0 Å². The van der Waals surface area contributed by atoms with Crippen molar-refractivity contribution in [1.29, 1.82) is 5.26 Å². The number of nitrogens with zero attached hydrogens (tertiary/aromatic N) is 2. The Hall–Kier alpha value is -2.46. The van der Waals surface area contributed by atoms with Gasteiger partial charge in [0.1, 0.15) is 11.4 Å². The third kappa shape index (κ3) is 2.14. The van der Waals surface area contributed by atoms with Crippen LogP contribution in [-0.4, -0.2) is 35.6 Å². The molecule has 3 amide bonds. The second kappa shape index (κ2) is 4.82. The van der Waals surface area contributed by atoms with Crippen molar-refractivity contribution in [3.63, 3.8) is 0 Å². The van der Waals surface area contributed by atoms with Gasteiger partial charge in [-0.3, -0.25) is 9.69 Å². The molecule has 1 N–H and O–H groups in total. The lowest BCUT2D eigenvalue weighted by Crippen LogP contribution is -2.47. The van der Waals surface area contributed by atoms with Gasteiger partial charge < -0.3 is 10.1 Å². The Morgan fingerprint density at radius 2 is 2.29 bits per heavy atom. The van der Waals surface area contributed by atoms with Gasteiger partial charge in [-0.2, -0.15) is 5.26 Å². The zero-order chi connectivity index (χ0) is 15.0. The summed E-state index contributed by atoms with van der Waals surface area (Å²) in [6.45, 7) is 0.388. The number of ether oxygens (including phenoxy) is 1. The molecular weight excluding hydrogens is 277 g/mol. The van der Waals surface area contributed by atoms with Crippen LogP contribution < -0.4 is 5.32 Å². The highest BCUT2D eigenvalue weighted by atomic mass is 19.1. The zero-order valence-electron chi connectivity index (χ0n) is 11.1. The summed E-state index contributed by atoms with van der Waals surface area (Å²) in [4.78, 5) is 25.3. The van der Waals surface area contributed by atoms with Gasteiger partial charge in [-0.15, -0.1) is 0 Å². The molecule has 0 saturated carbocycles. The van der Waals surface area contributed by atoms with Crippen molar-refractivity contribution in [2.45, 2.75) is 18.5 Å². The van der Waals surface area contributed by atoms with E-state index in [1.165, 1.54) is 12.1 Å². The van der Waals surface area contributed by atoms with E-state index in [1.807, 2.05) is 6.07 Å². The molecule has 1 atom stereocenters. The van der Waals surface area contributed by atoms with Gasteiger partial charge in [-0.1, -0.05) is 6.07 Å². The first-order chi connectivity index (χ1) is 10.1. The first kappa shape index (κ1) is 13.5. The molecule has 0 bridgehead atoms. The summed E-state index contributed by atoms with van der Waals surface area (Å²) in [5.74, 6) is -1.01. The highest BCUT2D eigenvalue weighted by Gasteiger charge is 2.53. The quantitative estimate of drug-likeness (QED) is 0.820. The molecule has 2 saturated heterocycles. The van der Waals surface area contributed by atoms with Gasteiger partial charge in [0.2, 0.25) is 0 Å². The van der Waals surface area contributed by atoms with Gasteiger partial charge in [0.05, 0.1) is 24.8 Å². The predicted molar refractivity (Wildman–Crippen MR) is 68.4 cm³/mol. The average Bonchev–Trinajstić information content (AvgIpc) is 3.02. The van der Waals surface area contributed by atoms with E-state index in [1.54, 1.807) is 0 Å². The lowest BCUT2D eigenvalue weighted by molar-refractivity contribution is -0.131. The summed E-state index contributed by atoms with van der Waals surface area (Å²) in [6.07, 6.45) is 0.421. The number of hydrogen-bond donors (Lipinski definition) is 1. The third-order valence-corrected chi connectivity index (χ3v) is 3.78. The first-order valence-corrected chi connectivity index (χ1v) is 6.46. The number of hydrogen-bond acceptors (Lipinski definition) is 4. The van der Waals surface area contributed by atoms with Gasteiger partial charge in [0.25, 0.3) is 5.91 Å². The Morgan fingerprint density at radius 1 is 1.48 bits per heavy atom. The molecule has 0 aromatic heterocycles. The van der Waals surface area contributed by atoms with Crippen LogP contribution in [0.5, 0.6) is 0 Å². The predicted octanol–water partition coefficient (Wildman–Crippen LogP) is 0.908. The number of carbonyl (C=O) groups excluding carboxylic acids is 2. The number of imide groups is 1. The summed E-state index contributed by atoms with van der Waals surface area (Å²) < 4.78 is 19.0. The summed E-state index contributed by atoms with van der Waals surface area (Å²) in [7, 11) is 0. The Balaban J connectivity index is 1.84. The second-order valence-corrected chi connectivity index (χ2v) is 5.12. The molecular formula is C14H12FN3O3. The van der Waals surface area contributed by atoms with Crippen LogP contribution in [0.15, 0.2) is 18.2 Å². The maximum Gasteiger partial charge on any atom is 0.325 e. The number of halogens is 1. The third-order valence-electron chi connectivity index (χ3n) is 3.78. The molecule has 2 heterocycles. The molecule has 3 rings (SSSR count). The van der Waals surface area contributed by atoms with Crippen molar-refractivity contribution < 1.29 is 18.7 Å². The fraction of sp³-hybridized carbons (Fsp3) is 0.357. The van der Waals surface area contributed by atoms with Crippen molar-refractivity contribution in [1.82, 2.24) is 10.2 Å². The van der Waals surface area contributed by atoms with Crippen molar-refractivity contribution >= 4 is 11.9 Å². The molecule has 2 aliphatic rings. The van der Waals surface area contributed by atoms with E-state index >= 15 is 0 Å². The number of carbonyl (C=O) groups is 2.